The molecule has 146 valence electrons. The van der Waals surface area contributed by atoms with Crippen LogP contribution in [0.3, 0.4) is 0 Å². The molecule has 0 spiro atoms. The molecule has 0 saturated heterocycles. The van der Waals surface area contributed by atoms with Crippen molar-refractivity contribution in [2.45, 2.75) is 0 Å². The van der Waals surface area contributed by atoms with Gasteiger partial charge in [0, 0.05) is 34.5 Å². The van der Waals surface area contributed by atoms with E-state index >= 15 is 0 Å². The van der Waals surface area contributed by atoms with Gasteiger partial charge in [-0.3, -0.25) is 9.97 Å². The summed E-state index contributed by atoms with van der Waals surface area (Å²) < 4.78 is 0. The summed E-state index contributed by atoms with van der Waals surface area (Å²) in [5.74, 6) is 0. The minimum Gasteiger partial charge on any atom is -0.331 e. The lowest BCUT2D eigenvalue weighted by Crippen LogP contribution is -1.93. The molecule has 0 aliphatic carbocycles. The third kappa shape index (κ3) is 4.19. The van der Waals surface area contributed by atoms with Crippen molar-refractivity contribution < 1.29 is 0 Å². The Morgan fingerprint density at radius 2 is 1.10 bits per heavy atom. The van der Waals surface area contributed by atoms with Gasteiger partial charge in [0.15, 0.2) is 10.3 Å². The van der Waals surface area contributed by atoms with E-state index in [9.17, 15) is 0 Å². The number of rotatable bonds is 6. The van der Waals surface area contributed by atoms with E-state index in [-0.39, 0.29) is 0 Å². The first-order valence-corrected chi connectivity index (χ1v) is 11.0. The Kier molecular flexibility index (Phi) is 5.15. The Balaban J connectivity index is 1.29. The fourth-order valence-corrected chi connectivity index (χ4v) is 4.30. The molecule has 0 fully saturated rings. The summed E-state index contributed by atoms with van der Waals surface area (Å²) >= 11 is 3.10. The van der Waals surface area contributed by atoms with E-state index in [1.54, 1.807) is 35.1 Å². The van der Waals surface area contributed by atoms with Crippen LogP contribution in [0.15, 0.2) is 83.8 Å². The van der Waals surface area contributed by atoms with Gasteiger partial charge in [-0.15, -0.1) is 22.7 Å². The van der Waals surface area contributed by atoms with Gasteiger partial charge in [0.05, 0.1) is 11.4 Å². The fourth-order valence-electron chi connectivity index (χ4n) is 2.85. The molecule has 1 aromatic carbocycles. The van der Waals surface area contributed by atoms with Crippen molar-refractivity contribution >= 4 is 44.3 Å². The minimum absolute atomic E-state index is 0.819. The van der Waals surface area contributed by atoms with E-state index in [4.69, 9.17) is 0 Å². The van der Waals surface area contributed by atoms with Gasteiger partial charge in [0.1, 0.15) is 11.4 Å². The van der Waals surface area contributed by atoms with E-state index < -0.39 is 0 Å². The standard InChI is InChI=1S/C22H16N6S2/c1-3-10-23-17(8-1)19-13-29-21(27-19)25-15-6-5-7-16(12-15)26-22-28-20(14-30-22)18-9-2-4-11-24-18/h1-14H,(H,25,27)(H,26,28). The molecule has 4 heterocycles. The van der Waals surface area contributed by atoms with E-state index in [0.29, 0.717) is 0 Å². The third-order valence-corrected chi connectivity index (χ3v) is 5.74. The van der Waals surface area contributed by atoms with Crippen LogP contribution in [-0.4, -0.2) is 19.9 Å². The number of hydrogen-bond donors (Lipinski definition) is 2. The molecule has 30 heavy (non-hydrogen) atoms. The van der Waals surface area contributed by atoms with Gasteiger partial charge < -0.3 is 10.6 Å². The average molecular weight is 429 g/mol. The van der Waals surface area contributed by atoms with Crippen LogP contribution in [-0.2, 0) is 0 Å². The molecule has 6 nitrogen and oxygen atoms in total. The fraction of sp³-hybridized carbons (Fsp3) is 0. The summed E-state index contributed by atoms with van der Waals surface area (Å²) in [7, 11) is 0. The first kappa shape index (κ1) is 18.4. The molecule has 0 bridgehead atoms. The first-order valence-electron chi connectivity index (χ1n) is 9.21. The number of thiazole rings is 2. The van der Waals surface area contributed by atoms with Gasteiger partial charge in [0.2, 0.25) is 0 Å². The second-order valence-electron chi connectivity index (χ2n) is 6.34. The van der Waals surface area contributed by atoms with Gasteiger partial charge in [-0.05, 0) is 42.5 Å². The molecular weight excluding hydrogens is 412 g/mol. The quantitative estimate of drug-likeness (QED) is 0.335. The van der Waals surface area contributed by atoms with Crippen LogP contribution >= 0.6 is 22.7 Å². The molecule has 0 saturated carbocycles. The zero-order valence-electron chi connectivity index (χ0n) is 15.7. The largest absolute Gasteiger partial charge is 0.331 e. The highest BCUT2D eigenvalue weighted by Crippen LogP contribution is 2.29. The summed E-state index contributed by atoms with van der Waals surface area (Å²) in [4.78, 5) is 18.0. The molecule has 0 amide bonds. The van der Waals surface area contributed by atoms with Gasteiger partial charge in [-0.1, -0.05) is 18.2 Å². The molecule has 4 aromatic heterocycles. The predicted molar refractivity (Wildman–Crippen MR) is 124 cm³/mol. The third-order valence-electron chi connectivity index (χ3n) is 4.23. The second kappa shape index (κ2) is 8.40. The maximum absolute atomic E-state index is 4.63. The lowest BCUT2D eigenvalue weighted by molar-refractivity contribution is 1.28. The van der Waals surface area contributed by atoms with Gasteiger partial charge in [-0.2, -0.15) is 0 Å². The highest BCUT2D eigenvalue weighted by atomic mass is 32.1. The molecule has 5 rings (SSSR count). The molecule has 0 aliphatic heterocycles. The predicted octanol–water partition coefficient (Wildman–Crippen LogP) is 6.21. The van der Waals surface area contributed by atoms with Crippen LogP contribution in [0.25, 0.3) is 22.8 Å². The Bertz CT molecular complexity index is 1160. The van der Waals surface area contributed by atoms with Crippen molar-refractivity contribution in [2.24, 2.45) is 0 Å². The van der Waals surface area contributed by atoms with Crippen molar-refractivity contribution in [3.63, 3.8) is 0 Å². The van der Waals surface area contributed by atoms with Crippen LogP contribution < -0.4 is 10.6 Å². The van der Waals surface area contributed by atoms with Gasteiger partial charge in [0.25, 0.3) is 0 Å². The van der Waals surface area contributed by atoms with Crippen molar-refractivity contribution in [3.05, 3.63) is 83.8 Å². The number of anilines is 4. The Hall–Kier alpha value is -3.62. The molecular formula is C22H16N6S2. The number of hydrogen-bond acceptors (Lipinski definition) is 8. The maximum atomic E-state index is 4.63. The normalized spacial score (nSPS) is 10.7. The van der Waals surface area contributed by atoms with Gasteiger partial charge in [-0.25, -0.2) is 9.97 Å². The van der Waals surface area contributed by atoms with Crippen molar-refractivity contribution in [1.82, 2.24) is 19.9 Å². The number of nitrogens with one attached hydrogen (secondary N) is 2. The zero-order valence-corrected chi connectivity index (χ0v) is 17.3. The van der Waals surface area contributed by atoms with Crippen LogP contribution in [0.4, 0.5) is 21.6 Å². The summed E-state index contributed by atoms with van der Waals surface area (Å²) in [6, 6.07) is 19.7. The topological polar surface area (TPSA) is 75.6 Å². The van der Waals surface area contributed by atoms with Crippen molar-refractivity contribution in [2.75, 3.05) is 10.6 Å². The Morgan fingerprint density at radius 1 is 0.567 bits per heavy atom. The number of nitrogens with zero attached hydrogens (tertiary/aromatic N) is 4. The Labute approximate surface area is 181 Å². The number of pyridine rings is 2. The average Bonchev–Trinajstić information content (AvgIpc) is 3.45. The monoisotopic (exact) mass is 428 g/mol. The molecule has 2 N–H and O–H groups in total. The lowest BCUT2D eigenvalue weighted by Gasteiger charge is -2.07. The summed E-state index contributed by atoms with van der Waals surface area (Å²) in [5, 5.41) is 12.4. The van der Waals surface area contributed by atoms with E-state index in [1.165, 1.54) is 0 Å². The maximum Gasteiger partial charge on any atom is 0.187 e. The molecule has 0 radical (unpaired) electrons. The molecule has 5 aromatic rings. The number of benzene rings is 1. The minimum atomic E-state index is 0.819. The van der Waals surface area contributed by atoms with Crippen LogP contribution in [0, 0.1) is 0 Å². The van der Waals surface area contributed by atoms with E-state index in [1.807, 2.05) is 71.4 Å². The molecule has 0 aliphatic rings. The SMILES string of the molecule is c1ccc(-c2csc(Nc3cccc(Nc4nc(-c5ccccn5)cs4)c3)n2)nc1. The first-order chi connectivity index (χ1) is 14.8. The van der Waals surface area contributed by atoms with Crippen LogP contribution in [0.2, 0.25) is 0 Å². The van der Waals surface area contributed by atoms with Crippen molar-refractivity contribution in [3.8, 4) is 22.8 Å². The second-order valence-corrected chi connectivity index (χ2v) is 8.05. The molecule has 0 unspecified atom stereocenters. The summed E-state index contributed by atoms with van der Waals surface area (Å²) in [6.07, 6.45) is 3.55. The van der Waals surface area contributed by atoms with Crippen LogP contribution in [0.1, 0.15) is 0 Å². The molecule has 8 heteroatoms. The van der Waals surface area contributed by atoms with Crippen LogP contribution in [0.5, 0.6) is 0 Å². The van der Waals surface area contributed by atoms with Crippen molar-refractivity contribution in [1.29, 1.82) is 0 Å². The number of aromatic nitrogens is 4. The summed E-state index contributed by atoms with van der Waals surface area (Å²) in [5.41, 5.74) is 5.35. The summed E-state index contributed by atoms with van der Waals surface area (Å²) in [6.45, 7) is 0. The zero-order chi connectivity index (χ0) is 20.2. The molecule has 0 atom stereocenters. The Morgan fingerprint density at radius 3 is 1.57 bits per heavy atom. The lowest BCUT2D eigenvalue weighted by atomic mass is 10.3. The smallest absolute Gasteiger partial charge is 0.187 e. The highest BCUT2D eigenvalue weighted by molar-refractivity contribution is 7.14. The van der Waals surface area contributed by atoms with E-state index in [2.05, 4.69) is 30.6 Å². The van der Waals surface area contributed by atoms with Gasteiger partial charge >= 0.3 is 0 Å². The highest BCUT2D eigenvalue weighted by Gasteiger charge is 2.08. The van der Waals surface area contributed by atoms with E-state index in [0.717, 1.165) is 44.4 Å².